The van der Waals surface area contributed by atoms with E-state index in [1.165, 1.54) is 38.6 Å². The Morgan fingerprint density at radius 3 is 2.50 bits per heavy atom. The zero-order valence-electron chi connectivity index (χ0n) is 14.8. The normalized spacial score (nSPS) is 14.5. The molecule has 4 rings (SSSR count). The van der Waals surface area contributed by atoms with Crippen molar-refractivity contribution in [2.45, 2.75) is 25.7 Å². The summed E-state index contributed by atoms with van der Waals surface area (Å²) >= 11 is 0. The monoisotopic (exact) mass is 457 g/mol. The van der Waals surface area contributed by atoms with Gasteiger partial charge in [-0.1, -0.05) is 48.1 Å². The third kappa shape index (κ3) is 3.96. The Bertz CT molecular complexity index is 921. The van der Waals surface area contributed by atoms with Crippen LogP contribution >= 0.6 is 0 Å². The molecule has 0 N–H and O–H groups in total. The van der Waals surface area contributed by atoms with Crippen LogP contribution in [-0.4, -0.2) is 0 Å². The molecular formula is C23H21Cl2Zr. The van der Waals surface area contributed by atoms with Gasteiger partial charge in [0.1, 0.15) is 0 Å². The minimum absolute atomic E-state index is 0. The fraction of sp³-hybridized carbons (Fsp3) is 0.174. The zero-order chi connectivity index (χ0) is 15.8. The predicted molar refractivity (Wildman–Crippen MR) is 100.0 cm³/mol. The van der Waals surface area contributed by atoms with E-state index in [9.17, 15) is 0 Å². The Hall–Kier alpha value is -1.01. The van der Waals surface area contributed by atoms with E-state index in [2.05, 4.69) is 74.2 Å². The van der Waals surface area contributed by atoms with E-state index in [1.807, 2.05) is 6.08 Å². The molecule has 3 aromatic carbocycles. The van der Waals surface area contributed by atoms with Gasteiger partial charge >= 0.3 is 26.2 Å². The Balaban J connectivity index is 0.00000113. The molecule has 1 unspecified atom stereocenters. The third-order valence-electron chi connectivity index (χ3n) is 4.98. The van der Waals surface area contributed by atoms with Crippen molar-refractivity contribution in [1.29, 1.82) is 0 Å². The summed E-state index contributed by atoms with van der Waals surface area (Å²) < 4.78 is 0. The van der Waals surface area contributed by atoms with Crippen molar-refractivity contribution < 1.29 is 51.0 Å². The van der Waals surface area contributed by atoms with Crippen LogP contribution in [-0.2, 0) is 32.6 Å². The van der Waals surface area contributed by atoms with Gasteiger partial charge in [-0.05, 0) is 36.8 Å². The standard InChI is InChI=1S/C23H21.2ClH.Zr/c1-3-4-9-19-15-18-11-6-8-13-21(18)23(19)22-16(2)14-17-10-5-7-12-20(17)22;;;/h3,5-8,10-15,22H,1,4,9H2,2H3;2*1H;/q-1;;;+3/p-2. The van der Waals surface area contributed by atoms with E-state index < -0.39 is 0 Å². The molecule has 0 fully saturated rings. The van der Waals surface area contributed by atoms with Crippen molar-refractivity contribution in [2.24, 2.45) is 0 Å². The van der Waals surface area contributed by atoms with Gasteiger partial charge in [0.05, 0.1) is 0 Å². The van der Waals surface area contributed by atoms with Crippen LogP contribution in [0.4, 0.5) is 0 Å². The van der Waals surface area contributed by atoms with Crippen molar-refractivity contribution in [1.82, 2.24) is 0 Å². The van der Waals surface area contributed by atoms with Gasteiger partial charge in [-0.25, -0.2) is 0 Å². The van der Waals surface area contributed by atoms with Crippen molar-refractivity contribution in [3.05, 3.63) is 95.1 Å². The first-order valence-corrected chi connectivity index (χ1v) is 8.35. The summed E-state index contributed by atoms with van der Waals surface area (Å²) in [4.78, 5) is 0. The summed E-state index contributed by atoms with van der Waals surface area (Å²) in [5.41, 5.74) is 7.24. The van der Waals surface area contributed by atoms with Crippen LogP contribution in [0.15, 0.2) is 72.8 Å². The van der Waals surface area contributed by atoms with E-state index >= 15 is 0 Å². The van der Waals surface area contributed by atoms with Crippen molar-refractivity contribution in [3.8, 4) is 0 Å². The first-order chi connectivity index (χ1) is 11.3. The number of hydrogen-bond donors (Lipinski definition) is 0. The number of allylic oxidation sites excluding steroid dienone is 2. The summed E-state index contributed by atoms with van der Waals surface area (Å²) in [6.45, 7) is 6.16. The van der Waals surface area contributed by atoms with E-state index in [1.54, 1.807) is 0 Å². The first-order valence-electron chi connectivity index (χ1n) is 8.35. The number of fused-ring (bicyclic) bond motifs is 2. The van der Waals surface area contributed by atoms with Gasteiger partial charge in [0.2, 0.25) is 0 Å². The van der Waals surface area contributed by atoms with Crippen LogP contribution < -0.4 is 24.8 Å². The topological polar surface area (TPSA) is 0 Å². The average molecular weight is 460 g/mol. The third-order valence-corrected chi connectivity index (χ3v) is 4.98. The molecule has 0 aromatic heterocycles. The largest absolute Gasteiger partial charge is 3.00 e. The fourth-order valence-corrected chi connectivity index (χ4v) is 3.97. The summed E-state index contributed by atoms with van der Waals surface area (Å²) in [5.74, 6) is 0.394. The Morgan fingerprint density at radius 1 is 1.04 bits per heavy atom. The molecule has 1 aliphatic carbocycles. The number of rotatable bonds is 4. The summed E-state index contributed by atoms with van der Waals surface area (Å²) in [6, 6.07) is 20.0. The number of hydrogen-bond acceptors (Lipinski definition) is 0. The van der Waals surface area contributed by atoms with Gasteiger partial charge < -0.3 is 24.8 Å². The van der Waals surface area contributed by atoms with Crippen LogP contribution in [0.1, 0.15) is 41.5 Å². The average Bonchev–Trinajstić information content (AvgIpc) is 3.09. The molecule has 0 aliphatic heterocycles. The van der Waals surface area contributed by atoms with Crippen molar-refractivity contribution in [2.75, 3.05) is 0 Å². The number of halogens is 2. The van der Waals surface area contributed by atoms with Gasteiger partial charge in [0.15, 0.2) is 0 Å². The molecule has 0 heterocycles. The Labute approximate surface area is 187 Å². The maximum Gasteiger partial charge on any atom is 3.00 e. The van der Waals surface area contributed by atoms with E-state index in [0.29, 0.717) is 5.92 Å². The van der Waals surface area contributed by atoms with Crippen LogP contribution in [0.25, 0.3) is 16.8 Å². The van der Waals surface area contributed by atoms with Gasteiger partial charge in [-0.2, -0.15) is 0 Å². The Morgan fingerprint density at radius 2 is 1.73 bits per heavy atom. The van der Waals surface area contributed by atoms with E-state index in [-0.39, 0.29) is 51.0 Å². The SMILES string of the molecule is C=CCCc1[cH-]c2ccccc2c1C1C(C)=Cc2ccccc21.[Cl-].[Cl-].[Zr+3]. The maximum atomic E-state index is 3.90. The van der Waals surface area contributed by atoms with Gasteiger partial charge in [-0.3, -0.25) is 0 Å². The molecule has 3 heteroatoms. The van der Waals surface area contributed by atoms with Crippen LogP contribution in [0.2, 0.25) is 0 Å². The quantitative estimate of drug-likeness (QED) is 0.387. The van der Waals surface area contributed by atoms with Crippen LogP contribution in [0.3, 0.4) is 0 Å². The molecule has 1 atom stereocenters. The fourth-order valence-electron chi connectivity index (χ4n) is 3.97. The van der Waals surface area contributed by atoms with Crippen LogP contribution in [0.5, 0.6) is 0 Å². The molecule has 0 nitrogen and oxygen atoms in total. The predicted octanol–water partition coefficient (Wildman–Crippen LogP) is 0.232. The molecule has 131 valence electrons. The minimum atomic E-state index is 0. The minimum Gasteiger partial charge on any atom is -1.00 e. The van der Waals surface area contributed by atoms with E-state index in [0.717, 1.165) is 12.8 Å². The van der Waals surface area contributed by atoms with Crippen LogP contribution in [0, 0.1) is 0 Å². The van der Waals surface area contributed by atoms with Gasteiger partial charge in [0.25, 0.3) is 0 Å². The second kappa shape index (κ2) is 9.79. The second-order valence-electron chi connectivity index (χ2n) is 6.45. The van der Waals surface area contributed by atoms with Crippen molar-refractivity contribution >= 4 is 16.8 Å². The summed E-state index contributed by atoms with van der Waals surface area (Å²) in [5, 5.41) is 2.76. The zero-order valence-corrected chi connectivity index (χ0v) is 18.8. The molecule has 0 saturated carbocycles. The molecule has 1 aliphatic rings. The number of benzene rings is 2. The smallest absolute Gasteiger partial charge is 1.00 e. The molecule has 26 heavy (non-hydrogen) atoms. The molecule has 1 radical (unpaired) electrons. The number of aryl methyl sites for hydroxylation is 1. The summed E-state index contributed by atoms with van der Waals surface area (Å²) in [6.07, 6.45) is 6.46. The molecule has 0 saturated heterocycles. The van der Waals surface area contributed by atoms with E-state index in [4.69, 9.17) is 0 Å². The molecule has 3 aromatic rings. The second-order valence-corrected chi connectivity index (χ2v) is 6.45. The first kappa shape index (κ1) is 23.0. The Kier molecular flexibility index (Phi) is 8.67. The summed E-state index contributed by atoms with van der Waals surface area (Å²) in [7, 11) is 0. The molecule has 0 amide bonds. The molecule has 0 bridgehead atoms. The molecular weight excluding hydrogens is 438 g/mol. The van der Waals surface area contributed by atoms with Gasteiger partial charge in [0, 0.05) is 0 Å². The van der Waals surface area contributed by atoms with Crippen molar-refractivity contribution in [3.63, 3.8) is 0 Å². The molecule has 0 spiro atoms. The maximum absolute atomic E-state index is 3.90. The van der Waals surface area contributed by atoms with Gasteiger partial charge in [-0.15, -0.1) is 52.7 Å².